The maximum Gasteiger partial charge on any atom is 0.210 e. The van der Waals surface area contributed by atoms with Crippen LogP contribution < -0.4 is 11.1 Å². The molecule has 1 heterocycles. The number of anilines is 2. The number of nitrogens with two attached hydrogens (primary N) is 1. The fourth-order valence-electron chi connectivity index (χ4n) is 1.14. The molecule has 6 heteroatoms. The van der Waals surface area contributed by atoms with Crippen LogP contribution in [0, 0.1) is 11.3 Å². The summed E-state index contributed by atoms with van der Waals surface area (Å²) in [4.78, 5) is 0. The van der Waals surface area contributed by atoms with E-state index in [1.807, 2.05) is 12.1 Å². The second-order valence-corrected chi connectivity index (χ2v) is 4.08. The Kier molecular flexibility index (Phi) is 3.10. The second-order valence-electron chi connectivity index (χ2n) is 3.02. The molecule has 0 amide bonds. The molecule has 0 aliphatic rings. The summed E-state index contributed by atoms with van der Waals surface area (Å²) in [7, 11) is 0. The molecule has 0 aliphatic heterocycles. The zero-order valence-corrected chi connectivity index (χ0v) is 9.16. The van der Waals surface area contributed by atoms with Crippen molar-refractivity contribution in [1.82, 2.24) is 10.2 Å². The first-order valence-corrected chi connectivity index (χ1v) is 5.43. The Bertz CT molecular complexity index is 511. The number of hydrogen-bond acceptors (Lipinski definition) is 6. The quantitative estimate of drug-likeness (QED) is 0.837. The fraction of sp³-hybridized carbons (Fsp3) is 0.100. The van der Waals surface area contributed by atoms with Gasteiger partial charge in [0, 0.05) is 12.2 Å². The van der Waals surface area contributed by atoms with Crippen molar-refractivity contribution < 1.29 is 0 Å². The van der Waals surface area contributed by atoms with E-state index >= 15 is 0 Å². The summed E-state index contributed by atoms with van der Waals surface area (Å²) in [6.07, 6.45) is 0. The van der Waals surface area contributed by atoms with Gasteiger partial charge in [-0.3, -0.25) is 0 Å². The molecule has 0 spiro atoms. The standard InChI is InChI=1S/C10H9N5S/c11-5-7-1-3-8(4-2-7)13-10-15-14-9(6-12)16-10/h1-4H,6,12H2,(H,13,15). The Balaban J connectivity index is 2.11. The highest BCUT2D eigenvalue weighted by Crippen LogP contribution is 2.20. The van der Waals surface area contributed by atoms with Crippen molar-refractivity contribution in [3.63, 3.8) is 0 Å². The Hall–Kier alpha value is -1.97. The van der Waals surface area contributed by atoms with Crippen LogP contribution in [0.25, 0.3) is 0 Å². The lowest BCUT2D eigenvalue weighted by molar-refractivity contribution is 0.960. The highest BCUT2D eigenvalue weighted by Gasteiger charge is 2.02. The molecule has 0 unspecified atom stereocenters. The molecule has 1 aromatic carbocycles. The predicted molar refractivity (Wildman–Crippen MR) is 62.2 cm³/mol. The minimum Gasteiger partial charge on any atom is -0.330 e. The van der Waals surface area contributed by atoms with Crippen molar-refractivity contribution in [3.8, 4) is 6.07 Å². The van der Waals surface area contributed by atoms with Gasteiger partial charge in [-0.15, -0.1) is 10.2 Å². The van der Waals surface area contributed by atoms with Gasteiger partial charge in [0.15, 0.2) is 0 Å². The number of aromatic nitrogens is 2. The van der Waals surface area contributed by atoms with E-state index in [1.165, 1.54) is 11.3 Å². The molecule has 0 bridgehead atoms. The molecule has 0 radical (unpaired) electrons. The van der Waals surface area contributed by atoms with Gasteiger partial charge in [0.1, 0.15) is 5.01 Å². The summed E-state index contributed by atoms with van der Waals surface area (Å²) in [5.41, 5.74) is 6.94. The third-order valence-electron chi connectivity index (χ3n) is 1.91. The lowest BCUT2D eigenvalue weighted by Crippen LogP contribution is -1.94. The van der Waals surface area contributed by atoms with Gasteiger partial charge in [0.25, 0.3) is 0 Å². The van der Waals surface area contributed by atoms with Crippen molar-refractivity contribution in [2.75, 3.05) is 5.32 Å². The summed E-state index contributed by atoms with van der Waals surface area (Å²) in [6, 6.07) is 9.19. The minimum atomic E-state index is 0.396. The molecular weight excluding hydrogens is 222 g/mol. The first-order chi connectivity index (χ1) is 7.81. The number of nitriles is 1. The van der Waals surface area contributed by atoms with Crippen LogP contribution in [-0.2, 0) is 6.54 Å². The molecule has 16 heavy (non-hydrogen) atoms. The van der Waals surface area contributed by atoms with Gasteiger partial charge >= 0.3 is 0 Å². The molecule has 80 valence electrons. The van der Waals surface area contributed by atoms with E-state index < -0.39 is 0 Å². The first-order valence-electron chi connectivity index (χ1n) is 4.61. The number of nitrogens with zero attached hydrogens (tertiary/aromatic N) is 3. The maximum absolute atomic E-state index is 8.65. The van der Waals surface area contributed by atoms with Crippen molar-refractivity contribution in [1.29, 1.82) is 5.26 Å². The SMILES string of the molecule is N#Cc1ccc(Nc2nnc(CN)s2)cc1. The molecule has 0 saturated carbocycles. The molecule has 0 aliphatic carbocycles. The van der Waals surface area contributed by atoms with E-state index in [4.69, 9.17) is 11.0 Å². The summed E-state index contributed by atoms with van der Waals surface area (Å²) in [5.74, 6) is 0. The number of rotatable bonds is 3. The maximum atomic E-state index is 8.65. The Morgan fingerprint density at radius 3 is 2.62 bits per heavy atom. The smallest absolute Gasteiger partial charge is 0.210 e. The lowest BCUT2D eigenvalue weighted by atomic mass is 10.2. The minimum absolute atomic E-state index is 0.396. The van der Waals surface area contributed by atoms with Crippen LogP contribution in [0.3, 0.4) is 0 Å². The molecular formula is C10H9N5S. The van der Waals surface area contributed by atoms with Crippen LogP contribution in [0.15, 0.2) is 24.3 Å². The van der Waals surface area contributed by atoms with E-state index in [1.54, 1.807) is 12.1 Å². The molecule has 0 atom stereocenters. The second kappa shape index (κ2) is 4.70. The summed E-state index contributed by atoms with van der Waals surface area (Å²) >= 11 is 1.41. The van der Waals surface area contributed by atoms with E-state index in [0.717, 1.165) is 10.7 Å². The average Bonchev–Trinajstić information content (AvgIpc) is 2.78. The summed E-state index contributed by atoms with van der Waals surface area (Å²) < 4.78 is 0. The van der Waals surface area contributed by atoms with Gasteiger partial charge in [0.05, 0.1) is 11.6 Å². The molecule has 0 fully saturated rings. The lowest BCUT2D eigenvalue weighted by Gasteiger charge is -2.00. The van der Waals surface area contributed by atoms with Crippen LogP contribution in [-0.4, -0.2) is 10.2 Å². The van der Waals surface area contributed by atoms with E-state index in [2.05, 4.69) is 21.6 Å². The van der Waals surface area contributed by atoms with Crippen molar-refractivity contribution in [3.05, 3.63) is 34.8 Å². The molecule has 2 aromatic rings. The molecule has 5 nitrogen and oxygen atoms in total. The molecule has 2 rings (SSSR count). The van der Waals surface area contributed by atoms with Crippen molar-refractivity contribution in [2.24, 2.45) is 5.73 Å². The largest absolute Gasteiger partial charge is 0.330 e. The van der Waals surface area contributed by atoms with Crippen molar-refractivity contribution >= 4 is 22.2 Å². The van der Waals surface area contributed by atoms with E-state index in [9.17, 15) is 0 Å². The predicted octanol–water partition coefficient (Wildman–Crippen LogP) is 1.61. The van der Waals surface area contributed by atoms with Crippen molar-refractivity contribution in [2.45, 2.75) is 6.54 Å². The Morgan fingerprint density at radius 1 is 1.31 bits per heavy atom. The van der Waals surface area contributed by atoms with E-state index in [0.29, 0.717) is 17.2 Å². The van der Waals surface area contributed by atoms with Gasteiger partial charge in [-0.1, -0.05) is 11.3 Å². The fourth-order valence-corrected chi connectivity index (χ4v) is 1.78. The van der Waals surface area contributed by atoms with Crippen LogP contribution in [0.2, 0.25) is 0 Å². The molecule has 3 N–H and O–H groups in total. The van der Waals surface area contributed by atoms with Gasteiger partial charge in [0.2, 0.25) is 5.13 Å². The van der Waals surface area contributed by atoms with Gasteiger partial charge < -0.3 is 11.1 Å². The summed E-state index contributed by atoms with van der Waals surface area (Å²) in [5, 5.41) is 21.1. The zero-order valence-electron chi connectivity index (χ0n) is 8.34. The number of nitrogens with one attached hydrogen (secondary N) is 1. The normalized spacial score (nSPS) is 9.75. The van der Waals surface area contributed by atoms with Gasteiger partial charge in [-0.25, -0.2) is 0 Å². The number of hydrogen-bond donors (Lipinski definition) is 2. The number of benzene rings is 1. The van der Waals surface area contributed by atoms with Gasteiger partial charge in [-0.05, 0) is 24.3 Å². The van der Waals surface area contributed by atoms with E-state index in [-0.39, 0.29) is 0 Å². The van der Waals surface area contributed by atoms with Gasteiger partial charge in [-0.2, -0.15) is 5.26 Å². The Morgan fingerprint density at radius 2 is 2.06 bits per heavy atom. The summed E-state index contributed by atoms with van der Waals surface area (Å²) in [6.45, 7) is 0.396. The highest BCUT2D eigenvalue weighted by molar-refractivity contribution is 7.15. The zero-order chi connectivity index (χ0) is 11.4. The molecule has 1 aromatic heterocycles. The van der Waals surface area contributed by atoms with Crippen LogP contribution >= 0.6 is 11.3 Å². The first kappa shape index (κ1) is 10.5. The monoisotopic (exact) mass is 231 g/mol. The third kappa shape index (κ3) is 2.34. The van der Waals surface area contributed by atoms with Crippen LogP contribution in [0.1, 0.15) is 10.6 Å². The third-order valence-corrected chi connectivity index (χ3v) is 2.77. The Labute approximate surface area is 96.5 Å². The highest BCUT2D eigenvalue weighted by atomic mass is 32.1. The topological polar surface area (TPSA) is 87.6 Å². The molecule has 0 saturated heterocycles. The van der Waals surface area contributed by atoms with Crippen LogP contribution in [0.5, 0.6) is 0 Å². The van der Waals surface area contributed by atoms with Crippen LogP contribution in [0.4, 0.5) is 10.8 Å². The average molecular weight is 231 g/mol.